The molecular formula is C40H40N2O8S2. The van der Waals surface area contributed by atoms with Gasteiger partial charge in [-0.1, -0.05) is 96.1 Å². The molecule has 0 saturated heterocycles. The number of hydrogen-bond donors (Lipinski definition) is 0. The molecule has 0 fully saturated rings. The molecule has 10 nitrogen and oxygen atoms in total. The lowest BCUT2D eigenvalue weighted by molar-refractivity contribution is -0.139. The molecule has 12 heteroatoms. The van der Waals surface area contributed by atoms with E-state index in [2.05, 4.69) is 0 Å². The second-order valence-corrected chi connectivity index (χ2v) is 16.7. The van der Waals surface area contributed by atoms with Gasteiger partial charge in [0.25, 0.3) is 0 Å². The molecule has 0 aromatic heterocycles. The number of nitrogens with zero attached hydrogens (tertiary/aromatic N) is 2. The largest absolute Gasteiger partial charge is 0.466 e. The van der Waals surface area contributed by atoms with E-state index in [1.54, 1.807) is 72.8 Å². The van der Waals surface area contributed by atoms with Crippen molar-refractivity contribution in [2.24, 2.45) is 0 Å². The molecule has 0 aliphatic heterocycles. The minimum absolute atomic E-state index is 0.0348. The number of carbonyl (C=O) groups excluding carboxylic acids is 2. The number of aryl methyl sites for hydroxylation is 2. The minimum Gasteiger partial charge on any atom is -0.466 e. The van der Waals surface area contributed by atoms with Crippen molar-refractivity contribution in [1.82, 2.24) is 8.61 Å². The van der Waals surface area contributed by atoms with Gasteiger partial charge < -0.3 is 9.47 Å². The van der Waals surface area contributed by atoms with E-state index in [-0.39, 0.29) is 46.9 Å². The van der Waals surface area contributed by atoms with Gasteiger partial charge in [-0.3, -0.25) is 0 Å². The maximum atomic E-state index is 14.9. The number of ether oxygens (including phenoxy) is 2. The molecule has 0 heterocycles. The molecule has 2 atom stereocenters. The van der Waals surface area contributed by atoms with Crippen LogP contribution in [-0.2, 0) is 52.2 Å². The van der Waals surface area contributed by atoms with E-state index in [0.29, 0.717) is 22.3 Å². The van der Waals surface area contributed by atoms with Crippen molar-refractivity contribution in [2.75, 3.05) is 14.2 Å². The number of hydrogen-bond acceptors (Lipinski definition) is 8. The van der Waals surface area contributed by atoms with Gasteiger partial charge in [0.1, 0.15) is 0 Å². The van der Waals surface area contributed by atoms with Crippen LogP contribution in [0.1, 0.15) is 35.1 Å². The predicted octanol–water partition coefficient (Wildman–Crippen LogP) is 5.87. The Morgan fingerprint density at radius 1 is 0.558 bits per heavy atom. The van der Waals surface area contributed by atoms with Gasteiger partial charge in [-0.15, -0.1) is 0 Å². The molecular weight excluding hydrogens is 701 g/mol. The summed E-state index contributed by atoms with van der Waals surface area (Å²) in [6, 6.07) is 28.9. The quantitative estimate of drug-likeness (QED) is 0.131. The Balaban J connectivity index is 1.60. The summed E-state index contributed by atoms with van der Waals surface area (Å²) in [5.74, 6) is -1.50. The Hall–Kier alpha value is -4.88. The van der Waals surface area contributed by atoms with Crippen LogP contribution >= 0.6 is 0 Å². The Kier molecular flexibility index (Phi) is 10.6. The number of rotatable bonds is 12. The summed E-state index contributed by atoms with van der Waals surface area (Å²) in [7, 11) is -6.21. The first kappa shape index (κ1) is 36.9. The van der Waals surface area contributed by atoms with Gasteiger partial charge >= 0.3 is 11.9 Å². The van der Waals surface area contributed by atoms with Gasteiger partial charge in [-0.05, 0) is 60.4 Å². The molecule has 0 N–H and O–H groups in total. The fourth-order valence-electron chi connectivity index (χ4n) is 6.88. The van der Waals surface area contributed by atoms with Crippen LogP contribution in [-0.4, -0.2) is 63.7 Å². The Bertz CT molecular complexity index is 2090. The Morgan fingerprint density at radius 3 is 1.19 bits per heavy atom. The van der Waals surface area contributed by atoms with Crippen molar-refractivity contribution in [3.8, 4) is 0 Å². The zero-order chi connectivity index (χ0) is 37.2. The van der Waals surface area contributed by atoms with Crippen LogP contribution in [0.2, 0.25) is 0 Å². The molecule has 2 aliphatic rings. The van der Waals surface area contributed by atoms with Crippen LogP contribution in [0, 0.1) is 13.8 Å². The SMILES string of the molecule is COC(=O)C1=C(C(=O)OC)CC2=C(C1)[C@H](N(Cc1ccccc1)S(=O)(=O)c1ccc(C)cc1)[C@H]2N(Cc1ccccc1)S(=O)(=O)c1ccc(C)cc1. The molecule has 6 rings (SSSR count). The molecule has 4 aromatic carbocycles. The average Bonchev–Trinajstić information content (AvgIpc) is 3.14. The van der Waals surface area contributed by atoms with Gasteiger partial charge in [0.05, 0.1) is 47.2 Å². The summed E-state index contributed by atoms with van der Waals surface area (Å²) in [4.78, 5) is 26.4. The van der Waals surface area contributed by atoms with E-state index in [4.69, 9.17) is 9.47 Å². The second kappa shape index (κ2) is 15.0. The monoisotopic (exact) mass is 740 g/mol. The third-order valence-electron chi connectivity index (χ3n) is 9.63. The first-order valence-corrected chi connectivity index (χ1v) is 19.6. The summed E-state index contributed by atoms with van der Waals surface area (Å²) in [5.41, 5.74) is 4.24. The van der Waals surface area contributed by atoms with Crippen molar-refractivity contribution in [3.63, 3.8) is 0 Å². The van der Waals surface area contributed by atoms with Gasteiger partial charge in [0.15, 0.2) is 0 Å². The van der Waals surface area contributed by atoms with Crippen LogP contribution < -0.4 is 0 Å². The zero-order valence-electron chi connectivity index (χ0n) is 29.4. The third kappa shape index (κ3) is 7.11. The van der Waals surface area contributed by atoms with Crippen LogP contribution in [0.3, 0.4) is 0 Å². The lowest BCUT2D eigenvalue weighted by atomic mass is 9.68. The van der Waals surface area contributed by atoms with Gasteiger partial charge in [0.2, 0.25) is 20.0 Å². The molecule has 2 aliphatic carbocycles. The molecule has 0 bridgehead atoms. The maximum absolute atomic E-state index is 14.9. The van der Waals surface area contributed by atoms with E-state index in [9.17, 15) is 26.4 Å². The normalized spacial score (nSPS) is 17.5. The van der Waals surface area contributed by atoms with Gasteiger partial charge in [-0.25, -0.2) is 26.4 Å². The van der Waals surface area contributed by atoms with E-state index in [1.165, 1.54) is 47.1 Å². The van der Waals surface area contributed by atoms with Crippen molar-refractivity contribution in [2.45, 2.75) is 61.7 Å². The van der Waals surface area contributed by atoms with E-state index in [1.807, 2.05) is 26.0 Å². The number of methoxy groups -OCH3 is 2. The highest BCUT2D eigenvalue weighted by atomic mass is 32.2. The molecule has 0 unspecified atom stereocenters. The highest BCUT2D eigenvalue weighted by Crippen LogP contribution is 2.50. The smallest absolute Gasteiger partial charge is 0.334 e. The topological polar surface area (TPSA) is 127 Å². The molecule has 270 valence electrons. The second-order valence-electron chi connectivity index (χ2n) is 12.9. The summed E-state index contributed by atoms with van der Waals surface area (Å²) >= 11 is 0. The van der Waals surface area contributed by atoms with Gasteiger partial charge in [0, 0.05) is 25.9 Å². The summed E-state index contributed by atoms with van der Waals surface area (Å²) in [6.45, 7) is 3.52. The predicted molar refractivity (Wildman–Crippen MR) is 196 cm³/mol. The van der Waals surface area contributed by atoms with E-state index >= 15 is 0 Å². The lowest BCUT2D eigenvalue weighted by Crippen LogP contribution is -2.62. The molecule has 0 saturated carbocycles. The lowest BCUT2D eigenvalue weighted by Gasteiger charge is -2.52. The maximum Gasteiger partial charge on any atom is 0.334 e. The molecule has 52 heavy (non-hydrogen) atoms. The molecule has 4 aromatic rings. The van der Waals surface area contributed by atoms with Crippen molar-refractivity contribution in [1.29, 1.82) is 0 Å². The standard InChI is InChI=1S/C40H40N2O8S2/c1-27-15-19-31(20-16-27)51(45,46)41(25-29-11-7-5-8-12-29)37-33-23-35(39(43)49-3)36(40(44)50-4)24-34(33)38(37)42(26-30-13-9-6-10-14-30)52(47,48)32-21-17-28(2)18-22-32/h5-22,37-38H,23-26H2,1-4H3/t37-,38-/m0/s1. The van der Waals surface area contributed by atoms with Crippen molar-refractivity contribution in [3.05, 3.63) is 154 Å². The Labute approximate surface area is 305 Å². The summed E-state index contributed by atoms with van der Waals surface area (Å²) in [6.07, 6.45) is -0.266. The van der Waals surface area contributed by atoms with E-state index in [0.717, 1.165) is 11.1 Å². The molecule has 0 amide bonds. The highest BCUT2D eigenvalue weighted by molar-refractivity contribution is 7.89. The number of esters is 2. The number of carbonyl (C=O) groups is 2. The number of benzene rings is 4. The summed E-state index contributed by atoms with van der Waals surface area (Å²) in [5, 5.41) is 0. The van der Waals surface area contributed by atoms with Crippen molar-refractivity contribution < 1.29 is 35.9 Å². The highest BCUT2D eigenvalue weighted by Gasteiger charge is 2.55. The zero-order valence-corrected chi connectivity index (χ0v) is 31.0. The van der Waals surface area contributed by atoms with Crippen molar-refractivity contribution >= 4 is 32.0 Å². The third-order valence-corrected chi connectivity index (χ3v) is 13.3. The molecule has 0 spiro atoms. The minimum atomic E-state index is -4.31. The first-order valence-electron chi connectivity index (χ1n) is 16.7. The van der Waals surface area contributed by atoms with E-state index < -0.39 is 44.1 Å². The van der Waals surface area contributed by atoms with Crippen LogP contribution in [0.15, 0.2) is 141 Å². The van der Waals surface area contributed by atoms with Crippen LogP contribution in [0.5, 0.6) is 0 Å². The number of sulfonamides is 2. The fourth-order valence-corrected chi connectivity index (χ4v) is 10.1. The van der Waals surface area contributed by atoms with Crippen LogP contribution in [0.4, 0.5) is 0 Å². The fraction of sp³-hybridized carbons (Fsp3) is 0.250. The van der Waals surface area contributed by atoms with Crippen LogP contribution in [0.25, 0.3) is 0 Å². The van der Waals surface area contributed by atoms with Gasteiger partial charge in [-0.2, -0.15) is 8.61 Å². The average molecular weight is 741 g/mol. The Morgan fingerprint density at radius 2 is 0.885 bits per heavy atom. The molecule has 0 radical (unpaired) electrons. The first-order chi connectivity index (χ1) is 24.9. The summed E-state index contributed by atoms with van der Waals surface area (Å²) < 4.78 is 72.4.